The first-order valence-electron chi connectivity index (χ1n) is 9.73. The molecule has 0 spiro atoms. The summed E-state index contributed by atoms with van der Waals surface area (Å²) in [6.07, 6.45) is 0.667. The van der Waals surface area contributed by atoms with E-state index in [4.69, 9.17) is 0 Å². The van der Waals surface area contributed by atoms with Crippen molar-refractivity contribution >= 4 is 21.6 Å². The molecule has 1 N–H and O–H groups in total. The lowest BCUT2D eigenvalue weighted by Crippen LogP contribution is -2.49. The van der Waals surface area contributed by atoms with Crippen molar-refractivity contribution in [2.45, 2.75) is 12.8 Å². The van der Waals surface area contributed by atoms with Crippen LogP contribution in [0.15, 0.2) is 54.6 Å². The lowest BCUT2D eigenvalue weighted by Gasteiger charge is -2.35. The summed E-state index contributed by atoms with van der Waals surface area (Å²) in [4.78, 5) is 14.0. The third-order valence-electron chi connectivity index (χ3n) is 4.93. The van der Waals surface area contributed by atoms with Gasteiger partial charge in [0.1, 0.15) is 5.82 Å². The van der Waals surface area contributed by atoms with Crippen molar-refractivity contribution < 1.29 is 17.6 Å². The highest BCUT2D eigenvalue weighted by Gasteiger charge is 2.26. The van der Waals surface area contributed by atoms with E-state index < -0.39 is 10.0 Å². The average molecular weight is 420 g/mol. The molecule has 0 aromatic heterocycles. The third kappa shape index (κ3) is 6.27. The number of carbonyl (C=O) groups excluding carboxylic acids is 1. The Kier molecular flexibility index (Phi) is 7.22. The molecule has 1 amide bonds. The van der Waals surface area contributed by atoms with Gasteiger partial charge in [0.05, 0.1) is 12.2 Å². The van der Waals surface area contributed by atoms with Crippen molar-refractivity contribution in [2.75, 3.05) is 43.4 Å². The van der Waals surface area contributed by atoms with Crippen LogP contribution in [0.3, 0.4) is 0 Å². The zero-order valence-corrected chi connectivity index (χ0v) is 17.1. The fourth-order valence-electron chi connectivity index (χ4n) is 3.33. The number of amides is 1. The molecule has 3 rings (SSSR count). The standard InChI is InChI=1S/C21H26FN3O3S/c22-19-7-9-20(10-8-19)24-12-14-25(15-13-24)29(27,28)16-4-11-23-21(26)17-18-5-2-1-3-6-18/h1-3,5-10H,4,11-17H2,(H,23,26). The second kappa shape index (κ2) is 9.84. The molecule has 1 heterocycles. The van der Waals surface area contributed by atoms with Crippen molar-refractivity contribution in [3.8, 4) is 0 Å². The highest BCUT2D eigenvalue weighted by molar-refractivity contribution is 7.89. The maximum absolute atomic E-state index is 13.0. The van der Waals surface area contributed by atoms with Gasteiger partial charge in [-0.2, -0.15) is 4.31 Å². The minimum Gasteiger partial charge on any atom is -0.369 e. The zero-order valence-electron chi connectivity index (χ0n) is 16.3. The maximum atomic E-state index is 13.0. The number of hydrogen-bond acceptors (Lipinski definition) is 4. The van der Waals surface area contributed by atoms with Crippen LogP contribution in [-0.2, 0) is 21.2 Å². The Morgan fingerprint density at radius 2 is 1.62 bits per heavy atom. The fraction of sp³-hybridized carbons (Fsp3) is 0.381. The Bertz CT molecular complexity index is 897. The molecule has 156 valence electrons. The van der Waals surface area contributed by atoms with Crippen molar-refractivity contribution in [3.05, 3.63) is 66.0 Å². The Labute approximate surface area is 171 Å². The van der Waals surface area contributed by atoms with E-state index in [1.165, 1.54) is 16.4 Å². The summed E-state index contributed by atoms with van der Waals surface area (Å²) in [6, 6.07) is 15.7. The highest BCUT2D eigenvalue weighted by Crippen LogP contribution is 2.18. The second-order valence-electron chi connectivity index (χ2n) is 7.04. The number of halogens is 1. The van der Waals surface area contributed by atoms with Crippen LogP contribution < -0.4 is 10.2 Å². The first-order valence-corrected chi connectivity index (χ1v) is 11.3. The van der Waals surface area contributed by atoms with E-state index in [0.717, 1.165) is 11.3 Å². The molecule has 1 saturated heterocycles. The number of nitrogens with one attached hydrogen (secondary N) is 1. The van der Waals surface area contributed by atoms with Gasteiger partial charge < -0.3 is 10.2 Å². The molecule has 6 nitrogen and oxygen atoms in total. The van der Waals surface area contributed by atoms with Gasteiger partial charge in [0.2, 0.25) is 15.9 Å². The van der Waals surface area contributed by atoms with E-state index in [1.54, 1.807) is 12.1 Å². The van der Waals surface area contributed by atoms with E-state index in [9.17, 15) is 17.6 Å². The van der Waals surface area contributed by atoms with Crippen LogP contribution in [0, 0.1) is 5.82 Å². The predicted octanol–water partition coefficient (Wildman–Crippen LogP) is 2.03. The van der Waals surface area contributed by atoms with Crippen LogP contribution in [0.25, 0.3) is 0 Å². The molecular formula is C21H26FN3O3S. The molecule has 0 bridgehead atoms. The van der Waals surface area contributed by atoms with Crippen LogP contribution in [0.5, 0.6) is 0 Å². The van der Waals surface area contributed by atoms with E-state index in [-0.39, 0.29) is 17.5 Å². The number of hydrogen-bond donors (Lipinski definition) is 1. The van der Waals surface area contributed by atoms with Gasteiger partial charge in [-0.25, -0.2) is 12.8 Å². The molecule has 8 heteroatoms. The lowest BCUT2D eigenvalue weighted by atomic mass is 10.1. The van der Waals surface area contributed by atoms with Gasteiger partial charge in [0, 0.05) is 38.4 Å². The van der Waals surface area contributed by atoms with E-state index in [0.29, 0.717) is 45.6 Å². The highest BCUT2D eigenvalue weighted by atomic mass is 32.2. The Morgan fingerprint density at radius 3 is 2.28 bits per heavy atom. The summed E-state index contributed by atoms with van der Waals surface area (Å²) >= 11 is 0. The van der Waals surface area contributed by atoms with Gasteiger partial charge in [0.15, 0.2) is 0 Å². The van der Waals surface area contributed by atoms with E-state index in [1.807, 2.05) is 30.3 Å². The average Bonchev–Trinajstić information content (AvgIpc) is 2.73. The molecule has 0 saturated carbocycles. The molecule has 1 fully saturated rings. The number of carbonyl (C=O) groups is 1. The van der Waals surface area contributed by atoms with Gasteiger partial charge >= 0.3 is 0 Å². The van der Waals surface area contributed by atoms with Crippen LogP contribution >= 0.6 is 0 Å². The maximum Gasteiger partial charge on any atom is 0.224 e. The number of piperazine rings is 1. The topological polar surface area (TPSA) is 69.7 Å². The Balaban J connectivity index is 1.39. The zero-order chi connectivity index (χ0) is 20.7. The summed E-state index contributed by atoms with van der Waals surface area (Å²) in [5, 5.41) is 2.78. The molecule has 1 aliphatic heterocycles. The van der Waals surface area contributed by atoms with Crippen molar-refractivity contribution in [1.82, 2.24) is 9.62 Å². The first-order chi connectivity index (χ1) is 13.9. The normalized spacial score (nSPS) is 15.3. The molecule has 2 aromatic carbocycles. The largest absolute Gasteiger partial charge is 0.369 e. The lowest BCUT2D eigenvalue weighted by molar-refractivity contribution is -0.120. The molecular weight excluding hydrogens is 393 g/mol. The van der Waals surface area contributed by atoms with Gasteiger partial charge in [-0.3, -0.25) is 4.79 Å². The first kappa shape index (κ1) is 21.3. The Hall–Kier alpha value is -2.45. The van der Waals surface area contributed by atoms with Crippen LogP contribution in [-0.4, -0.2) is 57.1 Å². The van der Waals surface area contributed by atoms with Gasteiger partial charge in [0.25, 0.3) is 0 Å². The second-order valence-corrected chi connectivity index (χ2v) is 9.13. The number of sulfonamides is 1. The summed E-state index contributed by atoms with van der Waals surface area (Å²) in [7, 11) is -3.36. The smallest absolute Gasteiger partial charge is 0.224 e. The quantitative estimate of drug-likeness (QED) is 0.665. The van der Waals surface area contributed by atoms with Crippen molar-refractivity contribution in [2.24, 2.45) is 0 Å². The molecule has 29 heavy (non-hydrogen) atoms. The van der Waals surface area contributed by atoms with Crippen molar-refractivity contribution in [1.29, 1.82) is 0 Å². The summed E-state index contributed by atoms with van der Waals surface area (Å²) < 4.78 is 39.7. The molecule has 0 radical (unpaired) electrons. The summed E-state index contributed by atoms with van der Waals surface area (Å²) in [6.45, 7) is 2.28. The van der Waals surface area contributed by atoms with Crippen LogP contribution in [0.1, 0.15) is 12.0 Å². The van der Waals surface area contributed by atoms with Crippen LogP contribution in [0.2, 0.25) is 0 Å². The minimum atomic E-state index is -3.36. The predicted molar refractivity (Wildman–Crippen MR) is 112 cm³/mol. The van der Waals surface area contributed by atoms with Gasteiger partial charge in [-0.1, -0.05) is 30.3 Å². The molecule has 0 unspecified atom stereocenters. The fourth-order valence-corrected chi connectivity index (χ4v) is 4.82. The molecule has 0 aliphatic carbocycles. The van der Waals surface area contributed by atoms with Gasteiger partial charge in [-0.05, 0) is 36.2 Å². The summed E-state index contributed by atoms with van der Waals surface area (Å²) in [5.74, 6) is -0.387. The number of nitrogens with zero attached hydrogens (tertiary/aromatic N) is 2. The van der Waals surface area contributed by atoms with E-state index >= 15 is 0 Å². The number of benzene rings is 2. The molecule has 1 aliphatic rings. The summed E-state index contributed by atoms with van der Waals surface area (Å²) in [5.41, 5.74) is 1.82. The Morgan fingerprint density at radius 1 is 0.966 bits per heavy atom. The molecule has 0 atom stereocenters. The van der Waals surface area contributed by atoms with Gasteiger partial charge in [-0.15, -0.1) is 0 Å². The monoisotopic (exact) mass is 419 g/mol. The SMILES string of the molecule is O=C(Cc1ccccc1)NCCCS(=O)(=O)N1CCN(c2ccc(F)cc2)CC1. The van der Waals surface area contributed by atoms with E-state index in [2.05, 4.69) is 10.2 Å². The number of anilines is 1. The minimum absolute atomic E-state index is 0.00909. The molecule has 2 aromatic rings. The van der Waals surface area contributed by atoms with Crippen molar-refractivity contribution in [3.63, 3.8) is 0 Å². The number of rotatable bonds is 8. The third-order valence-corrected chi connectivity index (χ3v) is 6.89. The van der Waals surface area contributed by atoms with Crippen LogP contribution in [0.4, 0.5) is 10.1 Å².